The fraction of sp³-hybridized carbons (Fsp3) is 0.600. The van der Waals surface area contributed by atoms with Crippen LogP contribution >= 0.6 is 0 Å². The highest BCUT2D eigenvalue weighted by molar-refractivity contribution is 5.86. The van der Waals surface area contributed by atoms with Gasteiger partial charge in [0.25, 0.3) is 0 Å². The average molecular weight is 145 g/mol. The van der Waals surface area contributed by atoms with Gasteiger partial charge in [-0.15, -0.1) is 0 Å². The van der Waals surface area contributed by atoms with E-state index in [-0.39, 0.29) is 18.9 Å². The van der Waals surface area contributed by atoms with E-state index < -0.39 is 12.3 Å². The summed E-state index contributed by atoms with van der Waals surface area (Å²) < 4.78 is 4.19. The first-order chi connectivity index (χ1) is 4.68. The summed E-state index contributed by atoms with van der Waals surface area (Å²) in [6.07, 6.45) is -1.76. The summed E-state index contributed by atoms with van der Waals surface area (Å²) in [6, 6.07) is 0. The number of nitrogens with zero attached hydrogens (tertiary/aromatic N) is 1. The molecule has 0 aromatic carbocycles. The second kappa shape index (κ2) is 2.66. The van der Waals surface area contributed by atoms with E-state index >= 15 is 0 Å². The molecule has 0 radical (unpaired) electrons. The minimum absolute atomic E-state index is 0.0972. The van der Waals surface area contributed by atoms with E-state index in [0.717, 1.165) is 0 Å². The zero-order valence-corrected chi connectivity index (χ0v) is 5.15. The SMILES string of the molecule is O=C(O)OC1=NC[C@H](O)C1. The van der Waals surface area contributed by atoms with E-state index in [9.17, 15) is 4.79 Å². The van der Waals surface area contributed by atoms with Gasteiger partial charge in [0.2, 0.25) is 0 Å². The van der Waals surface area contributed by atoms with Crippen molar-refractivity contribution < 1.29 is 19.7 Å². The van der Waals surface area contributed by atoms with Crippen molar-refractivity contribution in [3.63, 3.8) is 0 Å². The first kappa shape index (κ1) is 7.01. The van der Waals surface area contributed by atoms with E-state index in [1.54, 1.807) is 0 Å². The fourth-order valence-corrected chi connectivity index (χ4v) is 0.713. The summed E-state index contributed by atoms with van der Waals surface area (Å²) in [4.78, 5) is 13.5. The summed E-state index contributed by atoms with van der Waals surface area (Å²) in [5.74, 6) is 0.0972. The van der Waals surface area contributed by atoms with Crippen molar-refractivity contribution >= 4 is 12.1 Å². The Kier molecular flexibility index (Phi) is 1.86. The molecular weight excluding hydrogens is 138 g/mol. The summed E-state index contributed by atoms with van der Waals surface area (Å²) in [5.41, 5.74) is 0. The molecule has 0 saturated carbocycles. The lowest BCUT2D eigenvalue weighted by molar-refractivity contribution is 0.137. The third-order valence-corrected chi connectivity index (χ3v) is 1.09. The number of hydrogen-bond donors (Lipinski definition) is 2. The molecule has 0 aromatic heterocycles. The minimum atomic E-state index is -1.38. The van der Waals surface area contributed by atoms with Crippen molar-refractivity contribution in [2.24, 2.45) is 4.99 Å². The van der Waals surface area contributed by atoms with Crippen LogP contribution in [0.2, 0.25) is 0 Å². The molecule has 10 heavy (non-hydrogen) atoms. The first-order valence-corrected chi connectivity index (χ1v) is 2.80. The molecule has 0 fully saturated rings. The lowest BCUT2D eigenvalue weighted by Crippen LogP contribution is -2.11. The predicted molar refractivity (Wildman–Crippen MR) is 32.0 cm³/mol. The molecule has 1 rings (SSSR count). The van der Waals surface area contributed by atoms with Crippen molar-refractivity contribution in [1.82, 2.24) is 0 Å². The Hall–Kier alpha value is -1.10. The molecule has 0 saturated heterocycles. The molecule has 0 unspecified atom stereocenters. The highest BCUT2D eigenvalue weighted by Crippen LogP contribution is 2.05. The fourth-order valence-electron chi connectivity index (χ4n) is 0.713. The summed E-state index contributed by atoms with van der Waals surface area (Å²) >= 11 is 0. The molecule has 56 valence electrons. The van der Waals surface area contributed by atoms with Crippen molar-refractivity contribution in [1.29, 1.82) is 0 Å². The van der Waals surface area contributed by atoms with E-state index in [4.69, 9.17) is 10.2 Å². The van der Waals surface area contributed by atoms with E-state index in [2.05, 4.69) is 9.73 Å². The van der Waals surface area contributed by atoms with Gasteiger partial charge in [0.15, 0.2) is 5.90 Å². The topological polar surface area (TPSA) is 79.1 Å². The second-order valence-electron chi connectivity index (χ2n) is 1.96. The Balaban J connectivity index is 2.37. The lowest BCUT2D eigenvalue weighted by atomic mass is 10.3. The normalized spacial score (nSPS) is 24.1. The maximum absolute atomic E-state index is 9.88. The van der Waals surface area contributed by atoms with Gasteiger partial charge in [0.1, 0.15) is 0 Å². The van der Waals surface area contributed by atoms with Gasteiger partial charge in [-0.2, -0.15) is 0 Å². The molecule has 0 spiro atoms. The van der Waals surface area contributed by atoms with Crippen LogP contribution < -0.4 is 0 Å². The quantitative estimate of drug-likeness (QED) is 0.464. The van der Waals surface area contributed by atoms with Crippen LogP contribution in [0.5, 0.6) is 0 Å². The standard InChI is InChI=1S/C5H7NO4/c7-3-1-4(6-2-3)10-5(8)9/h3,7H,1-2H2,(H,8,9)/t3-/m1/s1. The number of aliphatic hydroxyl groups excluding tert-OH is 1. The predicted octanol–water partition coefficient (Wildman–Crippen LogP) is -0.156. The maximum atomic E-state index is 9.88. The molecule has 0 aromatic rings. The third-order valence-electron chi connectivity index (χ3n) is 1.09. The maximum Gasteiger partial charge on any atom is 0.512 e. The van der Waals surface area contributed by atoms with Gasteiger partial charge in [-0.05, 0) is 0 Å². The smallest absolute Gasteiger partial charge is 0.449 e. The van der Waals surface area contributed by atoms with E-state index in [0.29, 0.717) is 0 Å². The zero-order chi connectivity index (χ0) is 7.56. The molecule has 1 aliphatic heterocycles. The molecule has 0 aliphatic carbocycles. The molecule has 0 amide bonds. The van der Waals surface area contributed by atoms with Gasteiger partial charge in [-0.1, -0.05) is 0 Å². The Bertz CT molecular complexity index is 176. The molecule has 5 nitrogen and oxygen atoms in total. The molecule has 1 heterocycles. The minimum Gasteiger partial charge on any atom is -0.449 e. The summed E-state index contributed by atoms with van der Waals surface area (Å²) in [5, 5.41) is 16.9. The Morgan fingerprint density at radius 3 is 2.90 bits per heavy atom. The van der Waals surface area contributed by atoms with Crippen molar-refractivity contribution in [2.75, 3.05) is 6.54 Å². The summed E-state index contributed by atoms with van der Waals surface area (Å²) in [6.45, 7) is 0.239. The van der Waals surface area contributed by atoms with Crippen molar-refractivity contribution in [3.8, 4) is 0 Å². The number of rotatable bonds is 0. The van der Waals surface area contributed by atoms with Crippen LogP contribution in [0.25, 0.3) is 0 Å². The van der Waals surface area contributed by atoms with Gasteiger partial charge < -0.3 is 14.9 Å². The lowest BCUT2D eigenvalue weighted by Gasteiger charge is -1.97. The Morgan fingerprint density at radius 1 is 1.80 bits per heavy atom. The Morgan fingerprint density at radius 2 is 2.50 bits per heavy atom. The second-order valence-corrected chi connectivity index (χ2v) is 1.96. The van der Waals surface area contributed by atoms with Crippen LogP contribution in [0.3, 0.4) is 0 Å². The Labute approximate surface area is 57.0 Å². The van der Waals surface area contributed by atoms with Gasteiger partial charge in [-0.25, -0.2) is 4.79 Å². The number of ether oxygens (including phenoxy) is 1. The van der Waals surface area contributed by atoms with Crippen LogP contribution in [0, 0.1) is 0 Å². The molecular formula is C5H7NO4. The summed E-state index contributed by atoms with van der Waals surface area (Å²) in [7, 11) is 0. The highest BCUT2D eigenvalue weighted by atomic mass is 16.7. The van der Waals surface area contributed by atoms with E-state index in [1.165, 1.54) is 0 Å². The van der Waals surface area contributed by atoms with Crippen LogP contribution in [0.1, 0.15) is 6.42 Å². The molecule has 0 bridgehead atoms. The highest BCUT2D eigenvalue weighted by Gasteiger charge is 2.18. The van der Waals surface area contributed by atoms with Crippen LogP contribution in [0.15, 0.2) is 4.99 Å². The number of aliphatic imine (C=N–C) groups is 1. The monoisotopic (exact) mass is 145 g/mol. The largest absolute Gasteiger partial charge is 0.512 e. The van der Waals surface area contributed by atoms with Crippen LogP contribution in [-0.4, -0.2) is 34.9 Å². The van der Waals surface area contributed by atoms with Crippen molar-refractivity contribution in [2.45, 2.75) is 12.5 Å². The molecule has 5 heteroatoms. The van der Waals surface area contributed by atoms with Crippen LogP contribution in [-0.2, 0) is 4.74 Å². The third kappa shape index (κ3) is 1.70. The molecule has 2 N–H and O–H groups in total. The first-order valence-electron chi connectivity index (χ1n) is 2.80. The van der Waals surface area contributed by atoms with Gasteiger partial charge in [-0.3, -0.25) is 4.99 Å². The van der Waals surface area contributed by atoms with Gasteiger partial charge >= 0.3 is 6.16 Å². The number of aliphatic hydroxyl groups is 1. The molecule has 1 aliphatic rings. The van der Waals surface area contributed by atoms with Crippen molar-refractivity contribution in [3.05, 3.63) is 0 Å². The van der Waals surface area contributed by atoms with Crippen LogP contribution in [0.4, 0.5) is 4.79 Å². The number of hydrogen-bond acceptors (Lipinski definition) is 4. The van der Waals surface area contributed by atoms with E-state index in [1.807, 2.05) is 0 Å². The number of carbonyl (C=O) groups is 1. The van der Waals surface area contributed by atoms with Gasteiger partial charge in [0, 0.05) is 0 Å². The number of carboxylic acid groups (broad SMARTS) is 1. The average Bonchev–Trinajstić information content (AvgIpc) is 2.13. The molecule has 1 atom stereocenters. The zero-order valence-electron chi connectivity index (χ0n) is 5.15. The van der Waals surface area contributed by atoms with Gasteiger partial charge in [0.05, 0.1) is 19.1 Å².